The Morgan fingerprint density at radius 1 is 1.25 bits per heavy atom. The van der Waals surface area contributed by atoms with Crippen molar-refractivity contribution in [3.63, 3.8) is 0 Å². The van der Waals surface area contributed by atoms with Crippen LogP contribution in [0.2, 0.25) is 0 Å². The zero-order valence-corrected chi connectivity index (χ0v) is 9.34. The Balaban J connectivity index is 0. The molecule has 0 heterocycles. The van der Waals surface area contributed by atoms with Crippen LogP contribution in [0.5, 0.6) is 0 Å². The standard InChI is InChI=1S/C4H11O3P.C4H10/c1-2-3-4-8(5,6)7;1-4(2)3/h2-4H2,1H3,(H2,5,6,7);4H,1-3H3. The van der Waals surface area contributed by atoms with Gasteiger partial charge in [-0.2, -0.15) is 0 Å². The Morgan fingerprint density at radius 3 is 1.67 bits per heavy atom. The second kappa shape index (κ2) is 7.78. The Hall–Kier alpha value is 0.150. The summed E-state index contributed by atoms with van der Waals surface area (Å²) in [5.41, 5.74) is 0. The van der Waals surface area contributed by atoms with E-state index in [9.17, 15) is 4.57 Å². The van der Waals surface area contributed by atoms with Gasteiger partial charge in [-0.3, -0.25) is 4.57 Å². The fraction of sp³-hybridized carbons (Fsp3) is 1.00. The van der Waals surface area contributed by atoms with Crippen molar-refractivity contribution in [1.29, 1.82) is 0 Å². The smallest absolute Gasteiger partial charge is 0.324 e. The minimum Gasteiger partial charge on any atom is -0.324 e. The SMILES string of the molecule is CC(C)C.CCCCP(=O)(O)O. The van der Waals surface area contributed by atoms with Crippen molar-refractivity contribution in [3.05, 3.63) is 0 Å². The lowest BCUT2D eigenvalue weighted by atomic mass is 10.3. The first-order valence-corrected chi connectivity index (χ1v) is 6.14. The predicted octanol–water partition coefficient (Wildman–Crippen LogP) is 2.63. The zero-order chi connectivity index (χ0) is 10.2. The third kappa shape index (κ3) is 32.0. The maximum atomic E-state index is 10.1. The lowest BCUT2D eigenvalue weighted by molar-refractivity contribution is 0.371. The molecule has 0 aliphatic carbocycles. The molecule has 12 heavy (non-hydrogen) atoms. The van der Waals surface area contributed by atoms with E-state index in [1.165, 1.54) is 0 Å². The minimum absolute atomic E-state index is 0.0312. The molecule has 0 aliphatic heterocycles. The summed E-state index contributed by atoms with van der Waals surface area (Å²) in [6.07, 6.45) is 1.49. The van der Waals surface area contributed by atoms with Gasteiger partial charge in [0.15, 0.2) is 0 Å². The Bertz CT molecular complexity index is 126. The number of unbranched alkanes of at least 4 members (excludes halogenated alkanes) is 1. The van der Waals surface area contributed by atoms with E-state index in [1.54, 1.807) is 0 Å². The van der Waals surface area contributed by atoms with Crippen LogP contribution in [-0.2, 0) is 4.57 Å². The molecule has 0 atom stereocenters. The molecular weight excluding hydrogens is 175 g/mol. The van der Waals surface area contributed by atoms with Crippen LogP contribution in [0, 0.1) is 5.92 Å². The van der Waals surface area contributed by atoms with Crippen LogP contribution in [0.1, 0.15) is 40.5 Å². The minimum atomic E-state index is -3.68. The van der Waals surface area contributed by atoms with E-state index in [0.29, 0.717) is 6.42 Å². The van der Waals surface area contributed by atoms with Gasteiger partial charge in [0, 0.05) is 6.16 Å². The van der Waals surface area contributed by atoms with E-state index in [0.717, 1.165) is 12.3 Å². The van der Waals surface area contributed by atoms with Gasteiger partial charge in [-0.25, -0.2) is 0 Å². The van der Waals surface area contributed by atoms with Crippen LogP contribution in [0.3, 0.4) is 0 Å². The molecule has 0 fully saturated rings. The third-order valence-electron chi connectivity index (χ3n) is 0.803. The average molecular weight is 196 g/mol. The quantitative estimate of drug-likeness (QED) is 0.682. The maximum Gasteiger partial charge on any atom is 0.325 e. The molecule has 3 nitrogen and oxygen atoms in total. The molecule has 2 N–H and O–H groups in total. The van der Waals surface area contributed by atoms with Crippen molar-refractivity contribution in [1.82, 2.24) is 0 Å². The van der Waals surface area contributed by atoms with Crippen molar-refractivity contribution in [3.8, 4) is 0 Å². The van der Waals surface area contributed by atoms with Crippen molar-refractivity contribution >= 4 is 7.60 Å². The maximum absolute atomic E-state index is 10.1. The topological polar surface area (TPSA) is 57.5 Å². The summed E-state index contributed by atoms with van der Waals surface area (Å²) in [7, 11) is -3.68. The Labute approximate surface area is 75.4 Å². The van der Waals surface area contributed by atoms with Crippen molar-refractivity contribution in [2.45, 2.75) is 40.5 Å². The van der Waals surface area contributed by atoms with Gasteiger partial charge in [-0.1, -0.05) is 34.1 Å². The molecule has 0 aliphatic rings. The molecule has 0 bridgehead atoms. The highest BCUT2D eigenvalue weighted by molar-refractivity contribution is 7.51. The largest absolute Gasteiger partial charge is 0.325 e. The van der Waals surface area contributed by atoms with Gasteiger partial charge in [0.1, 0.15) is 0 Å². The second-order valence-electron chi connectivity index (χ2n) is 3.47. The van der Waals surface area contributed by atoms with Crippen molar-refractivity contribution < 1.29 is 14.4 Å². The van der Waals surface area contributed by atoms with Crippen LogP contribution in [0.25, 0.3) is 0 Å². The van der Waals surface area contributed by atoms with E-state index in [2.05, 4.69) is 20.8 Å². The van der Waals surface area contributed by atoms with Gasteiger partial charge in [-0.15, -0.1) is 0 Å². The zero-order valence-electron chi connectivity index (χ0n) is 8.45. The molecule has 0 saturated carbocycles. The molecule has 4 heteroatoms. The van der Waals surface area contributed by atoms with Crippen LogP contribution >= 0.6 is 7.60 Å². The highest BCUT2D eigenvalue weighted by Gasteiger charge is 2.09. The van der Waals surface area contributed by atoms with Gasteiger partial charge in [0.2, 0.25) is 0 Å². The van der Waals surface area contributed by atoms with E-state index in [4.69, 9.17) is 9.79 Å². The summed E-state index contributed by atoms with van der Waals surface area (Å²) in [5, 5.41) is 0. The lowest BCUT2D eigenvalue weighted by Gasteiger charge is -1.98. The molecule has 0 amide bonds. The van der Waals surface area contributed by atoms with Gasteiger partial charge < -0.3 is 9.79 Å². The van der Waals surface area contributed by atoms with Gasteiger partial charge in [0.25, 0.3) is 0 Å². The molecule has 0 radical (unpaired) electrons. The first-order valence-electron chi connectivity index (χ1n) is 4.34. The van der Waals surface area contributed by atoms with Crippen LogP contribution in [0.4, 0.5) is 0 Å². The molecule has 0 aromatic heterocycles. The summed E-state index contributed by atoms with van der Waals surface area (Å²) in [4.78, 5) is 16.5. The predicted molar refractivity (Wildman–Crippen MR) is 52.3 cm³/mol. The van der Waals surface area contributed by atoms with E-state index in [-0.39, 0.29) is 6.16 Å². The molecule has 0 saturated heterocycles. The monoisotopic (exact) mass is 196 g/mol. The second-order valence-corrected chi connectivity index (χ2v) is 5.25. The average Bonchev–Trinajstić information content (AvgIpc) is 1.80. The molecule has 0 rings (SSSR count). The summed E-state index contributed by atoms with van der Waals surface area (Å²) in [5.74, 6) is 0.833. The molecular formula is C8H21O3P. The van der Waals surface area contributed by atoms with Crippen molar-refractivity contribution in [2.24, 2.45) is 5.92 Å². The van der Waals surface area contributed by atoms with E-state index < -0.39 is 7.60 Å². The molecule has 0 unspecified atom stereocenters. The molecule has 0 spiro atoms. The normalized spacial score (nSPS) is 10.9. The van der Waals surface area contributed by atoms with Gasteiger partial charge in [0.05, 0.1) is 0 Å². The number of hydrogen-bond donors (Lipinski definition) is 2. The summed E-state index contributed by atoms with van der Waals surface area (Å²) in [6, 6.07) is 0. The molecule has 76 valence electrons. The van der Waals surface area contributed by atoms with Crippen LogP contribution in [-0.4, -0.2) is 15.9 Å². The lowest BCUT2D eigenvalue weighted by Crippen LogP contribution is -1.84. The molecule has 0 aromatic rings. The fourth-order valence-corrected chi connectivity index (χ4v) is 1.09. The number of rotatable bonds is 3. The number of hydrogen-bond acceptors (Lipinski definition) is 1. The Morgan fingerprint density at radius 2 is 1.58 bits per heavy atom. The van der Waals surface area contributed by atoms with E-state index in [1.807, 2.05) is 6.92 Å². The van der Waals surface area contributed by atoms with Gasteiger partial charge >= 0.3 is 7.60 Å². The highest BCUT2D eigenvalue weighted by Crippen LogP contribution is 2.34. The third-order valence-corrected chi connectivity index (χ3v) is 1.70. The summed E-state index contributed by atoms with van der Waals surface area (Å²) < 4.78 is 10.1. The fourth-order valence-electron chi connectivity index (χ4n) is 0.364. The summed E-state index contributed by atoms with van der Waals surface area (Å²) in [6.45, 7) is 8.40. The van der Waals surface area contributed by atoms with Crippen molar-refractivity contribution in [2.75, 3.05) is 6.16 Å². The summed E-state index contributed by atoms with van der Waals surface area (Å²) >= 11 is 0. The highest BCUT2D eigenvalue weighted by atomic mass is 31.2. The van der Waals surface area contributed by atoms with Gasteiger partial charge in [-0.05, 0) is 12.3 Å². The molecule has 0 aromatic carbocycles. The Kier molecular flexibility index (Phi) is 9.51. The van der Waals surface area contributed by atoms with E-state index >= 15 is 0 Å². The first-order chi connectivity index (χ1) is 5.29. The first kappa shape index (κ1) is 14.7. The van der Waals surface area contributed by atoms with Crippen LogP contribution in [0.15, 0.2) is 0 Å². The van der Waals surface area contributed by atoms with Crippen LogP contribution < -0.4 is 0 Å².